The van der Waals surface area contributed by atoms with E-state index >= 15 is 0 Å². The fourth-order valence-electron chi connectivity index (χ4n) is 3.67. The maximum atomic E-state index is 13.2. The molecule has 33 heavy (non-hydrogen) atoms. The molecule has 0 saturated carbocycles. The number of nitrogens with two attached hydrogens (primary N) is 1. The molecule has 9 nitrogen and oxygen atoms in total. The number of aromatic nitrogens is 6. The molecule has 0 aliphatic rings. The van der Waals surface area contributed by atoms with Gasteiger partial charge in [-0.15, -0.1) is 5.10 Å². The number of hydrogen-bond donors (Lipinski definition) is 1. The Hall–Kier alpha value is -4.60. The Morgan fingerprint density at radius 3 is 2.48 bits per heavy atom. The average molecular weight is 443 g/mol. The zero-order chi connectivity index (χ0) is 23.1. The molecule has 2 N–H and O–H groups in total. The first-order chi connectivity index (χ1) is 15.9. The zero-order valence-electron chi connectivity index (χ0n) is 17.5. The van der Waals surface area contributed by atoms with E-state index in [1.807, 2.05) is 30.3 Å². The number of anilines is 1. The summed E-state index contributed by atoms with van der Waals surface area (Å²) in [4.78, 5) is 33.7. The molecule has 5 rings (SSSR count). The molecule has 0 saturated heterocycles. The zero-order valence-corrected chi connectivity index (χ0v) is 17.5. The van der Waals surface area contributed by atoms with Gasteiger partial charge in [0.2, 0.25) is 11.5 Å². The molecule has 5 aromatic rings. The summed E-state index contributed by atoms with van der Waals surface area (Å²) in [5.41, 5.74) is 8.75. The van der Waals surface area contributed by atoms with E-state index in [-0.39, 0.29) is 23.7 Å². The van der Waals surface area contributed by atoms with Crippen LogP contribution in [-0.2, 0) is 13.6 Å². The monoisotopic (exact) mass is 443 g/mol. The van der Waals surface area contributed by atoms with E-state index in [1.165, 1.54) is 31.8 Å². The second-order valence-electron chi connectivity index (χ2n) is 7.49. The van der Waals surface area contributed by atoms with E-state index in [9.17, 15) is 14.0 Å². The molecule has 0 aliphatic carbocycles. The highest BCUT2D eigenvalue weighted by atomic mass is 19.1. The molecule has 1 aromatic carbocycles. The number of hydrogen-bond acceptors (Lipinski definition) is 6. The summed E-state index contributed by atoms with van der Waals surface area (Å²) in [6, 6.07) is 15.2. The van der Waals surface area contributed by atoms with Crippen LogP contribution in [0.25, 0.3) is 28.0 Å². The number of aryl methyl sites for hydroxylation is 1. The highest BCUT2D eigenvalue weighted by molar-refractivity contribution is 5.90. The summed E-state index contributed by atoms with van der Waals surface area (Å²) < 4.78 is 17.1. The Kier molecular flexibility index (Phi) is 4.82. The number of benzene rings is 1. The van der Waals surface area contributed by atoms with Gasteiger partial charge >= 0.3 is 5.69 Å². The summed E-state index contributed by atoms with van der Waals surface area (Å²) in [6.07, 6.45) is 2.74. The summed E-state index contributed by atoms with van der Waals surface area (Å²) in [7, 11) is 1.64. The fourth-order valence-corrected chi connectivity index (χ4v) is 3.67. The third-order valence-electron chi connectivity index (χ3n) is 5.28. The smallest absolute Gasteiger partial charge is 0.353 e. The lowest BCUT2D eigenvalue weighted by Gasteiger charge is -2.12. The quantitative estimate of drug-likeness (QED) is 0.455. The van der Waals surface area contributed by atoms with Gasteiger partial charge < -0.3 is 10.3 Å². The Bertz CT molecular complexity index is 1600. The standard InChI is InChI=1S/C23H18FN7O2/c1-29-12-15(7-10-18(29)32)19-20(14-5-3-2-4-6-14)27-22(25)31-21(19)28-30(23(31)33)13-17-9-8-16(24)11-26-17/h2-12H,13H2,1H3,(H2,25,27). The van der Waals surface area contributed by atoms with Crippen LogP contribution in [0.2, 0.25) is 0 Å². The summed E-state index contributed by atoms with van der Waals surface area (Å²) in [5.74, 6) is -0.500. The highest BCUT2D eigenvalue weighted by Gasteiger charge is 2.22. The highest BCUT2D eigenvalue weighted by Crippen LogP contribution is 2.33. The van der Waals surface area contributed by atoms with Crippen molar-refractivity contribution >= 4 is 11.6 Å². The maximum Gasteiger partial charge on any atom is 0.353 e. The second-order valence-corrected chi connectivity index (χ2v) is 7.49. The van der Waals surface area contributed by atoms with Crippen molar-refractivity contribution in [2.45, 2.75) is 6.54 Å². The van der Waals surface area contributed by atoms with Crippen molar-refractivity contribution in [3.63, 3.8) is 0 Å². The van der Waals surface area contributed by atoms with E-state index < -0.39 is 11.5 Å². The van der Waals surface area contributed by atoms with Crippen molar-refractivity contribution in [2.75, 3.05) is 5.73 Å². The molecule has 0 radical (unpaired) electrons. The molecule has 0 aliphatic heterocycles. The molecule has 0 fully saturated rings. The summed E-state index contributed by atoms with van der Waals surface area (Å²) in [5, 5.41) is 4.53. The van der Waals surface area contributed by atoms with Gasteiger partial charge in [0.1, 0.15) is 5.82 Å². The van der Waals surface area contributed by atoms with Crippen LogP contribution >= 0.6 is 0 Å². The lowest BCUT2D eigenvalue weighted by Crippen LogP contribution is -2.24. The maximum absolute atomic E-state index is 13.2. The van der Waals surface area contributed by atoms with E-state index in [0.29, 0.717) is 22.5 Å². The Balaban J connectivity index is 1.81. The van der Waals surface area contributed by atoms with Crippen molar-refractivity contribution in [3.05, 3.63) is 99.3 Å². The van der Waals surface area contributed by atoms with E-state index in [1.54, 1.807) is 19.3 Å². The molecule has 0 atom stereocenters. The molecular weight excluding hydrogens is 425 g/mol. The largest absolute Gasteiger partial charge is 0.369 e. The van der Waals surface area contributed by atoms with Gasteiger partial charge in [0.15, 0.2) is 5.65 Å². The first-order valence-electron chi connectivity index (χ1n) is 10.0. The molecule has 0 spiro atoms. The molecule has 164 valence electrons. The van der Waals surface area contributed by atoms with Crippen LogP contribution in [0.15, 0.2) is 76.6 Å². The molecule has 10 heteroatoms. The van der Waals surface area contributed by atoms with Gasteiger partial charge in [0, 0.05) is 30.4 Å². The van der Waals surface area contributed by atoms with Crippen LogP contribution < -0.4 is 17.0 Å². The van der Waals surface area contributed by atoms with Crippen molar-refractivity contribution in [3.8, 4) is 22.4 Å². The number of rotatable bonds is 4. The molecule has 0 unspecified atom stereocenters. The lowest BCUT2D eigenvalue weighted by atomic mass is 10.0. The van der Waals surface area contributed by atoms with Crippen molar-refractivity contribution in [2.24, 2.45) is 7.05 Å². The van der Waals surface area contributed by atoms with E-state index in [0.717, 1.165) is 11.8 Å². The van der Waals surface area contributed by atoms with Gasteiger partial charge in [-0.25, -0.2) is 23.3 Å². The predicted octanol–water partition coefficient (Wildman–Crippen LogP) is 2.09. The second kappa shape index (κ2) is 7.83. The first kappa shape index (κ1) is 20.3. The summed E-state index contributed by atoms with van der Waals surface area (Å²) >= 11 is 0. The van der Waals surface area contributed by atoms with Crippen LogP contribution in [0.5, 0.6) is 0 Å². The van der Waals surface area contributed by atoms with Gasteiger partial charge in [0.05, 0.1) is 29.7 Å². The number of nitrogen functional groups attached to an aromatic ring is 1. The molecule has 0 amide bonds. The van der Waals surface area contributed by atoms with E-state index in [4.69, 9.17) is 5.73 Å². The lowest BCUT2D eigenvalue weighted by molar-refractivity contribution is 0.609. The van der Waals surface area contributed by atoms with Gasteiger partial charge in [-0.1, -0.05) is 30.3 Å². The Labute approximate surface area is 186 Å². The van der Waals surface area contributed by atoms with Crippen molar-refractivity contribution in [1.29, 1.82) is 0 Å². The molecular formula is C23H18FN7O2. The number of fused-ring (bicyclic) bond motifs is 1. The first-order valence-corrected chi connectivity index (χ1v) is 10.0. The Morgan fingerprint density at radius 2 is 1.79 bits per heavy atom. The Morgan fingerprint density at radius 1 is 1.00 bits per heavy atom. The number of pyridine rings is 2. The SMILES string of the molecule is Cn1cc(-c2c(-c3ccccc3)nc(N)n3c(=O)n(Cc4ccc(F)cn4)nc23)ccc1=O. The van der Waals surface area contributed by atoms with Crippen LogP contribution in [0, 0.1) is 5.82 Å². The van der Waals surface area contributed by atoms with Crippen molar-refractivity contribution < 1.29 is 4.39 Å². The molecule has 4 aromatic heterocycles. The third kappa shape index (κ3) is 3.57. The van der Waals surface area contributed by atoms with Gasteiger partial charge in [-0.3, -0.25) is 9.78 Å². The average Bonchev–Trinajstić information content (AvgIpc) is 3.14. The number of halogens is 1. The van der Waals surface area contributed by atoms with Gasteiger partial charge in [-0.05, 0) is 18.2 Å². The third-order valence-corrected chi connectivity index (χ3v) is 5.28. The van der Waals surface area contributed by atoms with Gasteiger partial charge in [-0.2, -0.15) is 0 Å². The van der Waals surface area contributed by atoms with Crippen LogP contribution in [0.3, 0.4) is 0 Å². The van der Waals surface area contributed by atoms with Crippen LogP contribution in [0.1, 0.15) is 5.69 Å². The minimum absolute atomic E-state index is 0.0214. The molecule has 4 heterocycles. The fraction of sp³-hybridized carbons (Fsp3) is 0.0870. The van der Waals surface area contributed by atoms with Crippen molar-refractivity contribution in [1.82, 2.24) is 28.7 Å². The number of nitrogens with zero attached hydrogens (tertiary/aromatic N) is 6. The summed E-state index contributed by atoms with van der Waals surface area (Å²) in [6.45, 7) is 0.0214. The van der Waals surface area contributed by atoms with Gasteiger partial charge in [0.25, 0.3) is 0 Å². The van der Waals surface area contributed by atoms with Crippen LogP contribution in [-0.4, -0.2) is 28.7 Å². The van der Waals surface area contributed by atoms with E-state index in [2.05, 4.69) is 15.1 Å². The normalized spacial score (nSPS) is 11.2. The molecule has 0 bridgehead atoms. The topological polar surface area (TPSA) is 113 Å². The van der Waals surface area contributed by atoms with Crippen LogP contribution in [0.4, 0.5) is 10.3 Å². The minimum Gasteiger partial charge on any atom is -0.369 e. The predicted molar refractivity (Wildman–Crippen MR) is 121 cm³/mol. The minimum atomic E-state index is -0.508.